The highest BCUT2D eigenvalue weighted by Gasteiger charge is 2.36. The molecule has 0 aliphatic carbocycles. The molecule has 0 bridgehead atoms. The number of phenols is 1. The molecule has 2 heterocycles. The van der Waals surface area contributed by atoms with Crippen LogP contribution in [0.2, 0.25) is 0 Å². The van der Waals surface area contributed by atoms with E-state index in [1.165, 1.54) is 7.11 Å². The fourth-order valence-electron chi connectivity index (χ4n) is 5.02. The molecule has 2 atom stereocenters. The number of esters is 2. The van der Waals surface area contributed by atoms with Crippen LogP contribution < -0.4 is 14.2 Å². The molecule has 40 heavy (non-hydrogen) atoms. The molecule has 8 nitrogen and oxygen atoms in total. The molecular weight excluding hydrogens is 512 g/mol. The van der Waals surface area contributed by atoms with Gasteiger partial charge in [-0.3, -0.25) is 9.59 Å². The van der Waals surface area contributed by atoms with Crippen molar-refractivity contribution in [2.75, 3.05) is 13.7 Å². The molecule has 0 amide bonds. The first-order valence-electron chi connectivity index (χ1n) is 13.6. The zero-order valence-electron chi connectivity index (χ0n) is 23.3. The Morgan fingerprint density at radius 1 is 1.12 bits per heavy atom. The number of Topliss-reactive ketones (excluding diaryl/α,β-unsaturated/α-hetero) is 1. The molecule has 8 heteroatoms. The molecule has 0 unspecified atom stereocenters. The Morgan fingerprint density at radius 2 is 1.90 bits per heavy atom. The summed E-state index contributed by atoms with van der Waals surface area (Å²) >= 11 is 0. The number of carbonyl (C=O) groups is 3. The molecule has 0 saturated heterocycles. The monoisotopic (exact) mass is 548 g/mol. The van der Waals surface area contributed by atoms with Crippen LogP contribution in [0.25, 0.3) is 6.08 Å². The fourth-order valence-corrected chi connectivity index (χ4v) is 5.02. The van der Waals surface area contributed by atoms with Crippen molar-refractivity contribution in [2.45, 2.75) is 70.8 Å². The van der Waals surface area contributed by atoms with E-state index in [0.717, 1.165) is 5.57 Å². The Labute approximate surface area is 234 Å². The van der Waals surface area contributed by atoms with E-state index in [4.69, 9.17) is 18.9 Å². The van der Waals surface area contributed by atoms with Gasteiger partial charge in [-0.2, -0.15) is 0 Å². The van der Waals surface area contributed by atoms with Crippen LogP contribution in [0.3, 0.4) is 0 Å². The Hall–Kier alpha value is -4.07. The lowest BCUT2D eigenvalue weighted by atomic mass is 9.83. The lowest BCUT2D eigenvalue weighted by Gasteiger charge is -2.28. The van der Waals surface area contributed by atoms with Gasteiger partial charge < -0.3 is 24.1 Å². The van der Waals surface area contributed by atoms with Gasteiger partial charge in [-0.1, -0.05) is 24.8 Å². The molecule has 2 aliphatic heterocycles. The summed E-state index contributed by atoms with van der Waals surface area (Å²) in [7, 11) is 1.52. The number of hydrogen-bond donors (Lipinski definition) is 1. The zero-order chi connectivity index (χ0) is 28.8. The number of benzene rings is 2. The van der Waals surface area contributed by atoms with Crippen LogP contribution in [-0.4, -0.2) is 42.6 Å². The molecule has 1 N–H and O–H groups in total. The van der Waals surface area contributed by atoms with E-state index in [1.54, 1.807) is 37.3 Å². The molecule has 212 valence electrons. The Morgan fingerprint density at radius 3 is 2.65 bits per heavy atom. The molecule has 0 radical (unpaired) electrons. The van der Waals surface area contributed by atoms with E-state index in [2.05, 4.69) is 6.58 Å². The van der Waals surface area contributed by atoms with Crippen LogP contribution in [0.1, 0.15) is 91.8 Å². The van der Waals surface area contributed by atoms with E-state index >= 15 is 0 Å². The van der Waals surface area contributed by atoms with Crippen molar-refractivity contribution in [3.63, 3.8) is 0 Å². The number of carbonyl (C=O) groups excluding carboxylic acids is 3. The van der Waals surface area contributed by atoms with E-state index in [-0.39, 0.29) is 29.3 Å². The van der Waals surface area contributed by atoms with Gasteiger partial charge in [-0.25, -0.2) is 4.79 Å². The minimum absolute atomic E-state index is 0.0197. The second-order valence-electron chi connectivity index (χ2n) is 10.4. The minimum Gasteiger partial charge on any atom is -0.507 e. The van der Waals surface area contributed by atoms with Crippen molar-refractivity contribution in [3.8, 4) is 23.0 Å². The Bertz CT molecular complexity index is 1340. The maximum atomic E-state index is 13.4. The molecule has 2 aromatic carbocycles. The average Bonchev–Trinajstić information content (AvgIpc) is 2.90. The Kier molecular flexibility index (Phi) is 9.30. The summed E-state index contributed by atoms with van der Waals surface area (Å²) in [6.45, 7) is 7.80. The van der Waals surface area contributed by atoms with Crippen LogP contribution in [0.15, 0.2) is 42.5 Å². The third-order valence-corrected chi connectivity index (χ3v) is 7.04. The lowest BCUT2D eigenvalue weighted by molar-refractivity contribution is -0.135. The third-order valence-electron chi connectivity index (χ3n) is 7.04. The first-order valence-corrected chi connectivity index (χ1v) is 13.6. The van der Waals surface area contributed by atoms with E-state index < -0.39 is 24.0 Å². The number of ketones is 1. The van der Waals surface area contributed by atoms with Crippen LogP contribution in [0, 0.1) is 0 Å². The van der Waals surface area contributed by atoms with Crippen molar-refractivity contribution in [1.29, 1.82) is 0 Å². The summed E-state index contributed by atoms with van der Waals surface area (Å²) in [6, 6.07) is 6.90. The smallest absolute Gasteiger partial charge is 0.342 e. The van der Waals surface area contributed by atoms with Crippen molar-refractivity contribution >= 4 is 23.8 Å². The highest BCUT2D eigenvalue weighted by molar-refractivity contribution is 5.98. The van der Waals surface area contributed by atoms with Crippen molar-refractivity contribution in [2.24, 2.45) is 0 Å². The summed E-state index contributed by atoms with van der Waals surface area (Å²) in [4.78, 5) is 38.2. The van der Waals surface area contributed by atoms with E-state index in [1.807, 2.05) is 13.0 Å². The number of ether oxygens (including phenoxy) is 4. The zero-order valence-corrected chi connectivity index (χ0v) is 23.3. The summed E-state index contributed by atoms with van der Waals surface area (Å²) in [5, 5.41) is 11.6. The average molecular weight is 549 g/mol. The van der Waals surface area contributed by atoms with E-state index in [0.29, 0.717) is 73.3 Å². The van der Waals surface area contributed by atoms with Gasteiger partial charge in [0.05, 0.1) is 19.6 Å². The predicted octanol–water partition coefficient (Wildman–Crippen LogP) is 6.28. The summed E-state index contributed by atoms with van der Waals surface area (Å²) in [6.07, 6.45) is 6.47. The van der Waals surface area contributed by atoms with Gasteiger partial charge in [0.2, 0.25) is 0 Å². The Balaban J connectivity index is 1.78. The molecule has 4 rings (SSSR count). The number of aromatic hydroxyl groups is 1. The molecule has 0 aromatic heterocycles. The molecule has 0 fully saturated rings. The number of cyclic esters (lactones) is 1. The first kappa shape index (κ1) is 28.9. The first-order chi connectivity index (χ1) is 19.2. The summed E-state index contributed by atoms with van der Waals surface area (Å²) in [5.74, 6) is -0.653. The number of methoxy groups -OCH3 is 1. The van der Waals surface area contributed by atoms with Gasteiger partial charge in [0.25, 0.3) is 0 Å². The number of allylic oxidation sites excluding steroid dienone is 1. The molecule has 0 spiro atoms. The summed E-state index contributed by atoms with van der Waals surface area (Å²) in [5.41, 5.74) is 2.28. The normalized spacial score (nSPS) is 19.9. The standard InChI is InChI=1S/C32H36O8/c1-19(2)18-38-25-14-13-21(15-26(25)37-4)24-17-28(34)40-27-16-22-10-6-5-7-11-23(33)12-8-9-20(3)39-32(36)29(22)31(35)30(24)27/h6,10,13-16,20,24,35H,1,5,7-9,11-12,17-18H2,2-4H3/t20-,24+/m1/s1. The van der Waals surface area contributed by atoms with Gasteiger partial charge in [-0.15, -0.1) is 0 Å². The maximum absolute atomic E-state index is 13.4. The quantitative estimate of drug-likeness (QED) is 0.264. The van der Waals surface area contributed by atoms with Crippen molar-refractivity contribution in [3.05, 3.63) is 64.7 Å². The molecule has 2 aliphatic rings. The lowest BCUT2D eigenvalue weighted by Crippen LogP contribution is -2.23. The number of rotatable bonds is 5. The third kappa shape index (κ3) is 6.73. The SMILES string of the molecule is C=C(C)COc1ccc([C@@H]2CC(=O)Oc3cc4c(c(O)c32)C(=O)O[C@H](C)CCCC(=O)CCCC=C4)cc1OC. The highest BCUT2D eigenvalue weighted by atomic mass is 16.5. The largest absolute Gasteiger partial charge is 0.507 e. The van der Waals surface area contributed by atoms with Crippen LogP contribution in [0.4, 0.5) is 0 Å². The number of phenolic OH excluding ortho intramolecular Hbond substituents is 1. The maximum Gasteiger partial charge on any atom is 0.342 e. The van der Waals surface area contributed by atoms with Gasteiger partial charge >= 0.3 is 11.9 Å². The summed E-state index contributed by atoms with van der Waals surface area (Å²) < 4.78 is 22.6. The van der Waals surface area contributed by atoms with Gasteiger partial charge in [0, 0.05) is 24.3 Å². The highest BCUT2D eigenvalue weighted by Crippen LogP contribution is 2.48. The predicted molar refractivity (Wildman–Crippen MR) is 150 cm³/mol. The molecule has 0 saturated carbocycles. The van der Waals surface area contributed by atoms with Gasteiger partial charge in [0.15, 0.2) is 11.5 Å². The second kappa shape index (κ2) is 12.9. The number of fused-ring (bicyclic) bond motifs is 2. The van der Waals surface area contributed by atoms with E-state index in [9.17, 15) is 19.5 Å². The molecular formula is C32H36O8. The van der Waals surface area contributed by atoms with Crippen LogP contribution in [0.5, 0.6) is 23.0 Å². The van der Waals surface area contributed by atoms with Crippen LogP contribution in [-0.2, 0) is 14.3 Å². The minimum atomic E-state index is -0.674. The number of hydrogen-bond acceptors (Lipinski definition) is 8. The van der Waals surface area contributed by atoms with Crippen molar-refractivity contribution in [1.82, 2.24) is 0 Å². The fraction of sp³-hybridized carbons (Fsp3) is 0.406. The second-order valence-corrected chi connectivity index (χ2v) is 10.4. The van der Waals surface area contributed by atoms with Crippen LogP contribution >= 0.6 is 0 Å². The topological polar surface area (TPSA) is 108 Å². The van der Waals surface area contributed by atoms with Gasteiger partial charge in [0.1, 0.15) is 29.5 Å². The van der Waals surface area contributed by atoms with Gasteiger partial charge in [-0.05, 0) is 74.4 Å². The van der Waals surface area contributed by atoms with Crippen molar-refractivity contribution < 1.29 is 38.4 Å². The molecule has 2 aromatic rings.